The molecule has 1 aliphatic heterocycles. The molecule has 8 heteroatoms. The lowest BCUT2D eigenvalue weighted by Gasteiger charge is -2.17. The van der Waals surface area contributed by atoms with Gasteiger partial charge in [0.25, 0.3) is 0 Å². The quantitative estimate of drug-likeness (QED) is 0.744. The first-order chi connectivity index (χ1) is 12.6. The van der Waals surface area contributed by atoms with Crippen LogP contribution in [0.3, 0.4) is 0 Å². The number of benzene rings is 1. The monoisotopic (exact) mass is 394 g/mol. The highest BCUT2D eigenvalue weighted by Gasteiger charge is 2.34. The van der Waals surface area contributed by atoms with Crippen LogP contribution in [0.25, 0.3) is 0 Å². The summed E-state index contributed by atoms with van der Waals surface area (Å²) in [7, 11) is 5.17. The van der Waals surface area contributed by atoms with Gasteiger partial charge in [-0.05, 0) is 35.7 Å². The molecule has 148 valence electrons. The molecule has 0 unspecified atom stereocenters. The first kappa shape index (κ1) is 21.1. The summed E-state index contributed by atoms with van der Waals surface area (Å²) in [5.74, 6) is 1.74. The van der Waals surface area contributed by atoms with Gasteiger partial charge in [-0.15, -0.1) is 12.4 Å². The summed E-state index contributed by atoms with van der Waals surface area (Å²) < 4.78 is 12.4. The zero-order valence-electron chi connectivity index (χ0n) is 15.9. The Balaban J connectivity index is 0.00000261. The van der Waals surface area contributed by atoms with Gasteiger partial charge in [-0.2, -0.15) is 5.10 Å². The minimum absolute atomic E-state index is 0. The van der Waals surface area contributed by atoms with Gasteiger partial charge < -0.3 is 20.1 Å². The second-order valence-electron chi connectivity index (χ2n) is 6.54. The summed E-state index contributed by atoms with van der Waals surface area (Å²) in [4.78, 5) is 12.7. The van der Waals surface area contributed by atoms with Crippen LogP contribution >= 0.6 is 12.4 Å². The van der Waals surface area contributed by atoms with Crippen molar-refractivity contribution < 1.29 is 14.3 Å². The number of aryl methyl sites for hydroxylation is 1. The number of aromatic nitrogens is 2. The maximum absolute atomic E-state index is 12.7. The summed E-state index contributed by atoms with van der Waals surface area (Å²) in [5.41, 5.74) is 2.12. The molecular formula is C19H27ClN4O3. The van der Waals surface area contributed by atoms with Crippen LogP contribution in [0.1, 0.15) is 17.0 Å². The molecule has 2 heterocycles. The van der Waals surface area contributed by atoms with E-state index in [2.05, 4.69) is 15.7 Å². The maximum atomic E-state index is 12.7. The second-order valence-corrected chi connectivity index (χ2v) is 6.54. The van der Waals surface area contributed by atoms with Crippen LogP contribution in [-0.4, -0.2) is 49.5 Å². The summed E-state index contributed by atoms with van der Waals surface area (Å²) in [6, 6.07) is 5.69. The molecule has 0 bridgehead atoms. The number of carbonyl (C=O) groups excluding carboxylic acids is 1. The number of ether oxygens (including phenoxy) is 2. The van der Waals surface area contributed by atoms with Crippen LogP contribution < -0.4 is 20.1 Å². The highest BCUT2D eigenvalue weighted by atomic mass is 35.5. The molecule has 0 spiro atoms. The summed E-state index contributed by atoms with van der Waals surface area (Å²) in [5, 5.41) is 10.6. The Morgan fingerprint density at radius 2 is 2.15 bits per heavy atom. The molecule has 0 radical (unpaired) electrons. The van der Waals surface area contributed by atoms with Crippen LogP contribution in [0.4, 0.5) is 0 Å². The number of hydrogen-bond acceptors (Lipinski definition) is 5. The molecule has 0 aliphatic carbocycles. The number of nitrogens with one attached hydrogen (secondary N) is 2. The molecule has 2 aromatic rings. The molecule has 1 amide bonds. The molecule has 1 fully saturated rings. The average molecular weight is 395 g/mol. The van der Waals surface area contributed by atoms with E-state index in [4.69, 9.17) is 9.47 Å². The predicted octanol–water partition coefficient (Wildman–Crippen LogP) is 1.52. The predicted molar refractivity (Wildman–Crippen MR) is 106 cm³/mol. The van der Waals surface area contributed by atoms with Gasteiger partial charge in [-0.25, -0.2) is 0 Å². The average Bonchev–Trinajstić information content (AvgIpc) is 3.30. The van der Waals surface area contributed by atoms with E-state index in [9.17, 15) is 4.79 Å². The molecule has 7 nitrogen and oxygen atoms in total. The van der Waals surface area contributed by atoms with E-state index in [1.54, 1.807) is 18.9 Å². The van der Waals surface area contributed by atoms with Crippen molar-refractivity contribution in [2.24, 2.45) is 13.0 Å². The highest BCUT2D eigenvalue weighted by Crippen LogP contribution is 2.28. The normalized spacial score (nSPS) is 18.6. The van der Waals surface area contributed by atoms with Gasteiger partial charge in [0.15, 0.2) is 0 Å². The van der Waals surface area contributed by atoms with Crippen LogP contribution in [0.15, 0.2) is 30.6 Å². The number of amides is 1. The van der Waals surface area contributed by atoms with Crippen molar-refractivity contribution in [1.82, 2.24) is 20.4 Å². The third kappa shape index (κ3) is 4.93. The van der Waals surface area contributed by atoms with Crippen molar-refractivity contribution in [1.29, 1.82) is 0 Å². The fourth-order valence-corrected chi connectivity index (χ4v) is 3.46. The molecule has 3 rings (SSSR count). The molecular weight excluding hydrogens is 368 g/mol. The van der Waals surface area contributed by atoms with Gasteiger partial charge >= 0.3 is 0 Å². The highest BCUT2D eigenvalue weighted by molar-refractivity contribution is 5.85. The van der Waals surface area contributed by atoms with Gasteiger partial charge in [-0.1, -0.05) is 0 Å². The zero-order chi connectivity index (χ0) is 18.5. The summed E-state index contributed by atoms with van der Waals surface area (Å²) >= 11 is 0. The van der Waals surface area contributed by atoms with Crippen LogP contribution in [0, 0.1) is 5.92 Å². The maximum Gasteiger partial charge on any atom is 0.225 e. The third-order valence-electron chi connectivity index (χ3n) is 4.89. The van der Waals surface area contributed by atoms with Crippen LogP contribution in [-0.2, 0) is 18.3 Å². The minimum atomic E-state index is -0.0774. The Bertz CT molecular complexity index is 765. The van der Waals surface area contributed by atoms with Crippen molar-refractivity contribution >= 4 is 18.3 Å². The molecule has 27 heavy (non-hydrogen) atoms. The summed E-state index contributed by atoms with van der Waals surface area (Å²) in [6.07, 6.45) is 4.52. The first-order valence-corrected chi connectivity index (χ1v) is 8.80. The molecule has 2 atom stereocenters. The number of carbonyl (C=O) groups is 1. The Morgan fingerprint density at radius 1 is 1.33 bits per heavy atom. The van der Waals surface area contributed by atoms with Crippen molar-refractivity contribution in [3.63, 3.8) is 0 Å². The number of hydrogen-bond donors (Lipinski definition) is 2. The lowest BCUT2D eigenvalue weighted by Crippen LogP contribution is -2.35. The van der Waals surface area contributed by atoms with Crippen molar-refractivity contribution in [2.45, 2.75) is 12.3 Å². The van der Waals surface area contributed by atoms with E-state index in [1.807, 2.05) is 37.6 Å². The van der Waals surface area contributed by atoms with Crippen LogP contribution in [0.2, 0.25) is 0 Å². The molecule has 1 aromatic heterocycles. The van der Waals surface area contributed by atoms with Gasteiger partial charge in [0.05, 0.1) is 26.3 Å². The Kier molecular flexibility index (Phi) is 7.50. The number of halogens is 1. The van der Waals surface area contributed by atoms with E-state index in [1.165, 1.54) is 0 Å². The number of rotatable bonds is 7. The topological polar surface area (TPSA) is 77.4 Å². The third-order valence-corrected chi connectivity index (χ3v) is 4.89. The Labute approximate surface area is 165 Å². The van der Waals surface area contributed by atoms with Gasteiger partial charge in [-0.3, -0.25) is 9.48 Å². The lowest BCUT2D eigenvalue weighted by molar-refractivity contribution is -0.124. The number of methoxy groups -OCH3 is 2. The number of nitrogens with zero attached hydrogens (tertiary/aromatic N) is 2. The molecule has 1 saturated heterocycles. The fourth-order valence-electron chi connectivity index (χ4n) is 3.46. The standard InChI is InChI=1S/C19H26N4O3.ClH/c1-23-12-14(9-22-23)16-10-20-11-17(16)19(24)21-7-6-13-8-15(25-2)4-5-18(13)26-3;/h4-5,8-9,12,16-17,20H,6-7,10-11H2,1-3H3,(H,21,24);1H/t16-,17+;/m1./s1. The zero-order valence-corrected chi connectivity index (χ0v) is 16.7. The Hall–Kier alpha value is -2.25. The van der Waals surface area contributed by atoms with E-state index >= 15 is 0 Å². The van der Waals surface area contributed by atoms with Gasteiger partial charge in [0.1, 0.15) is 11.5 Å². The molecule has 1 aliphatic rings. The summed E-state index contributed by atoms with van der Waals surface area (Å²) in [6.45, 7) is 2.04. The van der Waals surface area contributed by atoms with Crippen molar-refractivity contribution in [3.8, 4) is 11.5 Å². The molecule has 0 saturated carbocycles. The minimum Gasteiger partial charge on any atom is -0.497 e. The smallest absolute Gasteiger partial charge is 0.225 e. The Morgan fingerprint density at radius 3 is 2.81 bits per heavy atom. The SMILES string of the molecule is COc1ccc(OC)c(CCNC(=O)[C@H]2CNC[C@@H]2c2cnn(C)c2)c1.Cl. The first-order valence-electron chi connectivity index (χ1n) is 8.80. The largest absolute Gasteiger partial charge is 0.497 e. The van der Waals surface area contributed by atoms with Crippen molar-refractivity contribution in [2.75, 3.05) is 33.9 Å². The van der Waals surface area contributed by atoms with Gasteiger partial charge in [0, 0.05) is 38.8 Å². The van der Waals surface area contributed by atoms with Gasteiger partial charge in [0.2, 0.25) is 5.91 Å². The fraction of sp³-hybridized carbons (Fsp3) is 0.474. The molecule has 2 N–H and O–H groups in total. The second kappa shape index (κ2) is 9.62. The van der Waals surface area contributed by atoms with E-state index in [0.29, 0.717) is 19.5 Å². The van der Waals surface area contributed by atoms with E-state index in [-0.39, 0.29) is 30.2 Å². The molecule has 1 aromatic carbocycles. The van der Waals surface area contributed by atoms with Crippen molar-refractivity contribution in [3.05, 3.63) is 41.7 Å². The van der Waals surface area contributed by atoms with E-state index in [0.717, 1.165) is 29.2 Å². The van der Waals surface area contributed by atoms with Crippen LogP contribution in [0.5, 0.6) is 11.5 Å². The lowest BCUT2D eigenvalue weighted by atomic mass is 9.90. The van der Waals surface area contributed by atoms with E-state index < -0.39 is 0 Å².